The summed E-state index contributed by atoms with van der Waals surface area (Å²) in [5, 5.41) is 6.07. The third-order valence-electron chi connectivity index (χ3n) is 4.32. The fourth-order valence-electron chi connectivity index (χ4n) is 2.78. The van der Waals surface area contributed by atoms with Gasteiger partial charge in [-0.1, -0.05) is 24.6 Å². The van der Waals surface area contributed by atoms with Gasteiger partial charge in [-0.05, 0) is 43.9 Å². The Morgan fingerprint density at radius 1 is 1.40 bits per heavy atom. The second kappa shape index (κ2) is 7.16. The Hall–Kier alpha value is -2.51. The maximum atomic E-state index is 12.7. The van der Waals surface area contributed by atoms with Crippen LogP contribution in [0.25, 0.3) is 0 Å². The van der Waals surface area contributed by atoms with Gasteiger partial charge in [0.1, 0.15) is 0 Å². The lowest BCUT2D eigenvalue weighted by Crippen LogP contribution is -2.36. The number of hydrazone groups is 1. The fraction of sp³-hybridized carbons (Fsp3) is 0.412. The summed E-state index contributed by atoms with van der Waals surface area (Å²) >= 11 is 0. The second-order valence-electron chi connectivity index (χ2n) is 6.32. The van der Waals surface area contributed by atoms with E-state index in [2.05, 4.69) is 15.2 Å². The lowest BCUT2D eigenvalue weighted by atomic mass is 9.72. The van der Waals surface area contributed by atoms with Crippen LogP contribution in [0.15, 0.2) is 40.5 Å². The largest absolute Gasteiger partial charge is 0.573 e. The van der Waals surface area contributed by atoms with Crippen LogP contribution in [0.3, 0.4) is 0 Å². The maximum Gasteiger partial charge on any atom is 0.573 e. The number of amides is 1. The predicted molar refractivity (Wildman–Crippen MR) is 89.1 cm³/mol. The van der Waals surface area contributed by atoms with Crippen molar-refractivity contribution in [1.29, 1.82) is 0 Å². The van der Waals surface area contributed by atoms with E-state index in [0.717, 1.165) is 17.2 Å². The molecule has 0 radical (unpaired) electrons. The van der Waals surface area contributed by atoms with Crippen LogP contribution in [-0.4, -0.2) is 18.5 Å². The number of alkyl halides is 3. The van der Waals surface area contributed by atoms with E-state index in [1.165, 1.54) is 24.4 Å². The van der Waals surface area contributed by atoms with Gasteiger partial charge in [-0.25, -0.2) is 0 Å². The number of ether oxygens (including phenoxy) is 1. The zero-order chi connectivity index (χ0) is 18.7. The lowest BCUT2D eigenvalue weighted by Gasteiger charge is -2.33. The summed E-state index contributed by atoms with van der Waals surface area (Å²) in [6.07, 6.45) is -1.64. The van der Waals surface area contributed by atoms with Crippen molar-refractivity contribution in [3.8, 4) is 5.75 Å². The molecule has 0 saturated heterocycles. The van der Waals surface area contributed by atoms with Crippen LogP contribution < -0.4 is 15.9 Å². The number of hydrogen-bond acceptors (Lipinski definition) is 4. The molecular weight excluding hydrogens is 335 g/mol. The molecule has 0 spiro atoms. The maximum absolute atomic E-state index is 12.7. The van der Waals surface area contributed by atoms with E-state index in [1.54, 1.807) is 6.92 Å². The molecule has 0 aliphatic heterocycles. The van der Waals surface area contributed by atoms with Gasteiger partial charge in [0.05, 0.1) is 11.1 Å². The summed E-state index contributed by atoms with van der Waals surface area (Å²) in [5.74, 6) is 4.38. The number of nitrogens with zero attached hydrogens (tertiary/aromatic N) is 1. The highest BCUT2D eigenvalue weighted by atomic mass is 19.4. The van der Waals surface area contributed by atoms with Crippen molar-refractivity contribution in [2.75, 3.05) is 5.32 Å². The molecule has 0 saturated carbocycles. The van der Waals surface area contributed by atoms with Gasteiger partial charge >= 0.3 is 6.36 Å². The average Bonchev–Trinajstić information content (AvgIpc) is 2.52. The van der Waals surface area contributed by atoms with Crippen molar-refractivity contribution in [1.82, 2.24) is 0 Å². The SMILES string of the molecule is CC1=C(/C=N\N)CC(C)(C(=O)Nc2ccccc2OC(F)(F)F)CC1. The molecule has 1 aliphatic carbocycles. The average molecular weight is 355 g/mol. The number of anilines is 1. The van der Waals surface area contributed by atoms with E-state index in [9.17, 15) is 18.0 Å². The third-order valence-corrected chi connectivity index (χ3v) is 4.32. The first kappa shape index (κ1) is 18.8. The standard InChI is InChI=1S/C17H20F3N3O2/c1-11-7-8-16(2,9-12(11)10-22-21)15(24)23-13-5-3-4-6-14(13)25-17(18,19)20/h3-6,10H,7-9,21H2,1-2H3,(H,23,24)/b22-10-. The normalized spacial score (nSPS) is 21.5. The molecule has 0 heterocycles. The highest BCUT2D eigenvalue weighted by molar-refractivity contribution is 5.97. The summed E-state index contributed by atoms with van der Waals surface area (Å²) in [4.78, 5) is 12.7. The number of allylic oxidation sites excluding steroid dienone is 2. The molecule has 8 heteroatoms. The Labute approximate surface area is 143 Å². The summed E-state index contributed by atoms with van der Waals surface area (Å²) in [5.41, 5.74) is 1.17. The van der Waals surface area contributed by atoms with Crippen LogP contribution in [0, 0.1) is 5.41 Å². The highest BCUT2D eigenvalue weighted by Gasteiger charge is 2.38. The van der Waals surface area contributed by atoms with Gasteiger partial charge in [-0.15, -0.1) is 13.2 Å². The summed E-state index contributed by atoms with van der Waals surface area (Å²) < 4.78 is 41.5. The third kappa shape index (κ3) is 4.74. The van der Waals surface area contributed by atoms with Crippen LogP contribution >= 0.6 is 0 Å². The minimum absolute atomic E-state index is 0.0219. The Morgan fingerprint density at radius 3 is 2.72 bits per heavy atom. The molecule has 3 N–H and O–H groups in total. The lowest BCUT2D eigenvalue weighted by molar-refractivity contribution is -0.274. The van der Waals surface area contributed by atoms with Gasteiger partial charge in [0.15, 0.2) is 5.75 Å². The van der Waals surface area contributed by atoms with E-state index in [1.807, 2.05) is 6.92 Å². The van der Waals surface area contributed by atoms with E-state index in [-0.39, 0.29) is 11.6 Å². The van der Waals surface area contributed by atoms with Crippen molar-refractivity contribution in [2.45, 2.75) is 39.5 Å². The van der Waals surface area contributed by atoms with Gasteiger partial charge in [-0.2, -0.15) is 5.10 Å². The molecule has 5 nitrogen and oxygen atoms in total. The molecule has 2 rings (SSSR count). The van der Waals surface area contributed by atoms with Gasteiger partial charge in [0.2, 0.25) is 5.91 Å². The van der Waals surface area contributed by atoms with Crippen LogP contribution in [0.5, 0.6) is 5.75 Å². The Bertz CT molecular complexity index is 713. The zero-order valence-electron chi connectivity index (χ0n) is 14.0. The molecule has 1 amide bonds. The number of halogens is 3. The van der Waals surface area contributed by atoms with Crippen molar-refractivity contribution in [3.63, 3.8) is 0 Å². The van der Waals surface area contributed by atoms with Crippen LogP contribution in [0.4, 0.5) is 18.9 Å². The summed E-state index contributed by atoms with van der Waals surface area (Å²) in [7, 11) is 0. The molecule has 1 aromatic rings. The van der Waals surface area contributed by atoms with Gasteiger partial charge < -0.3 is 15.9 Å². The van der Waals surface area contributed by atoms with Crippen LogP contribution in [-0.2, 0) is 4.79 Å². The molecule has 0 fully saturated rings. The molecule has 1 unspecified atom stereocenters. The molecule has 1 aromatic carbocycles. The topological polar surface area (TPSA) is 76.7 Å². The Balaban J connectivity index is 2.20. The monoisotopic (exact) mass is 355 g/mol. The number of rotatable bonds is 4. The molecule has 25 heavy (non-hydrogen) atoms. The molecule has 0 aromatic heterocycles. The second-order valence-corrected chi connectivity index (χ2v) is 6.32. The highest BCUT2D eigenvalue weighted by Crippen LogP contribution is 2.40. The van der Waals surface area contributed by atoms with Crippen molar-refractivity contribution < 1.29 is 22.7 Å². The predicted octanol–water partition coefficient (Wildman–Crippen LogP) is 3.97. The van der Waals surface area contributed by atoms with E-state index in [4.69, 9.17) is 5.84 Å². The van der Waals surface area contributed by atoms with E-state index >= 15 is 0 Å². The van der Waals surface area contributed by atoms with E-state index in [0.29, 0.717) is 19.3 Å². The molecule has 1 atom stereocenters. The van der Waals surface area contributed by atoms with Gasteiger partial charge in [-0.3, -0.25) is 4.79 Å². The first-order valence-corrected chi connectivity index (χ1v) is 7.73. The van der Waals surface area contributed by atoms with E-state index < -0.39 is 17.5 Å². The number of para-hydroxylation sites is 2. The first-order chi connectivity index (χ1) is 11.6. The number of benzene rings is 1. The van der Waals surface area contributed by atoms with Crippen molar-refractivity contribution in [2.24, 2.45) is 16.4 Å². The minimum Gasteiger partial charge on any atom is -0.404 e. The zero-order valence-corrected chi connectivity index (χ0v) is 14.0. The fourth-order valence-corrected chi connectivity index (χ4v) is 2.78. The smallest absolute Gasteiger partial charge is 0.404 e. The van der Waals surface area contributed by atoms with Crippen LogP contribution in [0.1, 0.15) is 33.1 Å². The summed E-state index contributed by atoms with van der Waals surface area (Å²) in [6.45, 7) is 3.72. The molecule has 1 aliphatic rings. The van der Waals surface area contributed by atoms with Crippen molar-refractivity contribution in [3.05, 3.63) is 35.4 Å². The van der Waals surface area contributed by atoms with Gasteiger partial charge in [0.25, 0.3) is 0 Å². The number of nitrogens with two attached hydrogens (primary N) is 1. The minimum atomic E-state index is -4.83. The number of nitrogens with one attached hydrogen (secondary N) is 1. The van der Waals surface area contributed by atoms with Crippen molar-refractivity contribution >= 4 is 17.8 Å². The summed E-state index contributed by atoms with van der Waals surface area (Å²) in [6, 6.07) is 5.46. The van der Waals surface area contributed by atoms with Crippen LogP contribution in [0.2, 0.25) is 0 Å². The number of carbonyl (C=O) groups excluding carboxylic acids is 1. The molecule has 0 bridgehead atoms. The van der Waals surface area contributed by atoms with Gasteiger partial charge in [0, 0.05) is 6.21 Å². The molecular formula is C17H20F3N3O2. The molecule has 136 valence electrons. The Morgan fingerprint density at radius 2 is 2.08 bits per heavy atom. The quantitative estimate of drug-likeness (QED) is 0.487. The first-order valence-electron chi connectivity index (χ1n) is 7.73. The number of hydrogen-bond donors (Lipinski definition) is 2. The number of carbonyl (C=O) groups is 1. The Kier molecular flexibility index (Phi) is 5.39.